The molecule has 0 radical (unpaired) electrons. The number of piperidine rings is 1. The summed E-state index contributed by atoms with van der Waals surface area (Å²) < 4.78 is 1.22. The first-order chi connectivity index (χ1) is 8.25. The van der Waals surface area contributed by atoms with Gasteiger partial charge in [0.15, 0.2) is 0 Å². The zero-order valence-electron chi connectivity index (χ0n) is 10.4. The van der Waals surface area contributed by atoms with E-state index in [0.717, 1.165) is 13.1 Å². The molecule has 4 heteroatoms. The number of nitrogens with zero attached hydrogens (tertiary/aromatic N) is 1. The molecule has 1 N–H and O–H groups in total. The van der Waals surface area contributed by atoms with E-state index in [1.807, 2.05) is 11.3 Å². The Morgan fingerprint density at radius 2 is 2.12 bits per heavy atom. The minimum atomic E-state index is 0.665. The third kappa shape index (κ3) is 4.36. The first-order valence-corrected chi connectivity index (χ1v) is 8.05. The van der Waals surface area contributed by atoms with E-state index in [4.69, 9.17) is 0 Å². The highest BCUT2D eigenvalue weighted by molar-refractivity contribution is 9.11. The van der Waals surface area contributed by atoms with Gasteiger partial charge >= 0.3 is 0 Å². The number of rotatable bonds is 5. The molecule has 1 atom stereocenters. The Kier molecular flexibility index (Phi) is 5.48. The van der Waals surface area contributed by atoms with Gasteiger partial charge in [-0.2, -0.15) is 0 Å². The van der Waals surface area contributed by atoms with Gasteiger partial charge < -0.3 is 5.32 Å². The van der Waals surface area contributed by atoms with Crippen LogP contribution in [0.1, 0.15) is 31.1 Å². The molecule has 1 aromatic rings. The van der Waals surface area contributed by atoms with Crippen LogP contribution in [-0.4, -0.2) is 30.6 Å². The molecule has 1 saturated heterocycles. The Labute approximate surface area is 117 Å². The van der Waals surface area contributed by atoms with Crippen LogP contribution < -0.4 is 5.32 Å². The number of thiophene rings is 1. The number of hydrogen-bond acceptors (Lipinski definition) is 3. The van der Waals surface area contributed by atoms with E-state index in [-0.39, 0.29) is 0 Å². The third-order valence-corrected chi connectivity index (χ3v) is 5.01. The van der Waals surface area contributed by atoms with E-state index < -0.39 is 0 Å². The normalized spacial score (nSPS) is 19.4. The first-order valence-electron chi connectivity index (χ1n) is 6.44. The van der Waals surface area contributed by atoms with Gasteiger partial charge in [0.25, 0.3) is 0 Å². The molecule has 1 fully saturated rings. The van der Waals surface area contributed by atoms with Crippen molar-refractivity contribution >= 4 is 27.3 Å². The van der Waals surface area contributed by atoms with Gasteiger partial charge in [-0.3, -0.25) is 4.90 Å². The average Bonchev–Trinajstić information content (AvgIpc) is 2.76. The summed E-state index contributed by atoms with van der Waals surface area (Å²) in [6.07, 6.45) is 4.17. The highest BCUT2D eigenvalue weighted by Crippen LogP contribution is 2.21. The summed E-state index contributed by atoms with van der Waals surface area (Å²) in [7, 11) is 0. The largest absolute Gasteiger partial charge is 0.310 e. The molecule has 0 bridgehead atoms. The summed E-state index contributed by atoms with van der Waals surface area (Å²) in [5.74, 6) is 0. The Balaban J connectivity index is 1.67. The zero-order valence-corrected chi connectivity index (χ0v) is 12.8. The Morgan fingerprint density at radius 3 is 2.76 bits per heavy atom. The smallest absolute Gasteiger partial charge is 0.0701 e. The van der Waals surface area contributed by atoms with E-state index in [0.29, 0.717) is 6.04 Å². The van der Waals surface area contributed by atoms with E-state index in [1.54, 1.807) is 0 Å². The van der Waals surface area contributed by atoms with Crippen LogP contribution in [0.3, 0.4) is 0 Å². The quantitative estimate of drug-likeness (QED) is 0.894. The van der Waals surface area contributed by atoms with Crippen molar-refractivity contribution in [2.45, 2.75) is 38.8 Å². The van der Waals surface area contributed by atoms with Crippen molar-refractivity contribution in [3.05, 3.63) is 20.8 Å². The van der Waals surface area contributed by atoms with Crippen molar-refractivity contribution < 1.29 is 0 Å². The second kappa shape index (κ2) is 6.88. The lowest BCUT2D eigenvalue weighted by Gasteiger charge is -2.32. The van der Waals surface area contributed by atoms with Crippen molar-refractivity contribution in [1.82, 2.24) is 10.2 Å². The van der Waals surface area contributed by atoms with Gasteiger partial charge in [0.1, 0.15) is 0 Å². The van der Waals surface area contributed by atoms with Crippen molar-refractivity contribution in [1.29, 1.82) is 0 Å². The van der Waals surface area contributed by atoms with Crippen molar-refractivity contribution in [2.24, 2.45) is 0 Å². The van der Waals surface area contributed by atoms with E-state index in [2.05, 4.69) is 45.2 Å². The molecule has 96 valence electrons. The Bertz CT molecular complexity index is 334. The van der Waals surface area contributed by atoms with Gasteiger partial charge in [0, 0.05) is 24.0 Å². The topological polar surface area (TPSA) is 15.3 Å². The minimum absolute atomic E-state index is 0.665. The average molecular weight is 317 g/mol. The summed E-state index contributed by atoms with van der Waals surface area (Å²) in [6.45, 7) is 6.99. The predicted molar refractivity (Wildman–Crippen MR) is 78.6 cm³/mol. The van der Waals surface area contributed by atoms with Gasteiger partial charge in [-0.05, 0) is 60.9 Å². The summed E-state index contributed by atoms with van der Waals surface area (Å²) >= 11 is 5.31. The summed E-state index contributed by atoms with van der Waals surface area (Å²) in [5.41, 5.74) is 0. The number of halogens is 1. The maximum atomic E-state index is 3.56. The molecule has 17 heavy (non-hydrogen) atoms. The van der Waals surface area contributed by atoms with Crippen LogP contribution in [0, 0.1) is 0 Å². The summed E-state index contributed by atoms with van der Waals surface area (Å²) in [4.78, 5) is 4.02. The summed E-state index contributed by atoms with van der Waals surface area (Å²) in [5, 5.41) is 3.56. The number of hydrogen-bond donors (Lipinski definition) is 1. The molecule has 1 unspecified atom stereocenters. The maximum absolute atomic E-state index is 3.56. The van der Waals surface area contributed by atoms with Crippen LogP contribution >= 0.6 is 27.3 Å². The number of likely N-dealkylation sites (tertiary alicyclic amines) is 1. The Morgan fingerprint density at radius 1 is 1.35 bits per heavy atom. The molecule has 1 aromatic heterocycles. The van der Waals surface area contributed by atoms with E-state index in [9.17, 15) is 0 Å². The van der Waals surface area contributed by atoms with Crippen LogP contribution in [0.5, 0.6) is 0 Å². The van der Waals surface area contributed by atoms with Crippen LogP contribution in [0.25, 0.3) is 0 Å². The molecular weight excluding hydrogens is 296 g/mol. The Hall–Kier alpha value is 0.1000. The molecule has 2 nitrogen and oxygen atoms in total. The van der Waals surface area contributed by atoms with Crippen molar-refractivity contribution in [3.63, 3.8) is 0 Å². The fourth-order valence-corrected chi connectivity index (χ4v) is 3.79. The molecule has 0 spiro atoms. The van der Waals surface area contributed by atoms with Crippen LogP contribution in [0.15, 0.2) is 15.9 Å². The van der Waals surface area contributed by atoms with Gasteiger partial charge in [-0.15, -0.1) is 11.3 Å². The lowest BCUT2D eigenvalue weighted by atomic mass is 10.1. The maximum Gasteiger partial charge on any atom is 0.0701 e. The molecule has 2 heterocycles. The standard InChI is InChI=1S/C13H21BrN2S/c1-11(16-7-3-2-4-8-16)9-15-10-12-5-6-13(14)17-12/h5-6,11,15H,2-4,7-10H2,1H3. The second-order valence-electron chi connectivity index (χ2n) is 4.78. The molecule has 0 aliphatic carbocycles. The highest BCUT2D eigenvalue weighted by atomic mass is 79.9. The van der Waals surface area contributed by atoms with Crippen LogP contribution in [0.2, 0.25) is 0 Å². The first kappa shape index (κ1) is 13.5. The molecule has 0 saturated carbocycles. The lowest BCUT2D eigenvalue weighted by molar-refractivity contribution is 0.171. The predicted octanol–water partition coefficient (Wildman–Crippen LogP) is 3.47. The molecule has 0 aromatic carbocycles. The van der Waals surface area contributed by atoms with Crippen molar-refractivity contribution in [3.8, 4) is 0 Å². The number of nitrogens with one attached hydrogen (secondary N) is 1. The van der Waals surface area contributed by atoms with E-state index in [1.165, 1.54) is 41.0 Å². The van der Waals surface area contributed by atoms with Gasteiger partial charge in [-0.1, -0.05) is 6.42 Å². The fourth-order valence-electron chi connectivity index (χ4n) is 2.34. The van der Waals surface area contributed by atoms with Gasteiger partial charge in [-0.25, -0.2) is 0 Å². The molecule has 2 rings (SSSR count). The third-order valence-electron chi connectivity index (χ3n) is 3.38. The monoisotopic (exact) mass is 316 g/mol. The zero-order chi connectivity index (χ0) is 12.1. The molecule has 0 amide bonds. The lowest BCUT2D eigenvalue weighted by Crippen LogP contribution is -2.42. The highest BCUT2D eigenvalue weighted by Gasteiger charge is 2.15. The molecule has 1 aliphatic rings. The molecule has 1 aliphatic heterocycles. The summed E-state index contributed by atoms with van der Waals surface area (Å²) in [6, 6.07) is 4.97. The van der Waals surface area contributed by atoms with Crippen LogP contribution in [0.4, 0.5) is 0 Å². The second-order valence-corrected chi connectivity index (χ2v) is 7.33. The van der Waals surface area contributed by atoms with Gasteiger partial charge in [0.05, 0.1) is 3.79 Å². The van der Waals surface area contributed by atoms with Gasteiger partial charge in [0.2, 0.25) is 0 Å². The minimum Gasteiger partial charge on any atom is -0.310 e. The van der Waals surface area contributed by atoms with Crippen LogP contribution in [-0.2, 0) is 6.54 Å². The van der Waals surface area contributed by atoms with E-state index >= 15 is 0 Å². The van der Waals surface area contributed by atoms with Crippen molar-refractivity contribution in [2.75, 3.05) is 19.6 Å². The fraction of sp³-hybridized carbons (Fsp3) is 0.692. The SMILES string of the molecule is CC(CNCc1ccc(Br)s1)N1CCCCC1. The molecular formula is C13H21BrN2S.